The highest BCUT2D eigenvalue weighted by Crippen LogP contribution is 2.32. The number of nitrogens with two attached hydrogens (primary N) is 1. The number of hydrogen-bond acceptors (Lipinski definition) is 3. The standard InChI is InChI=1S/C13H18Cl2N2O2S/c1-7(2)8(3)20(19)6-12(18)17-13-10(14)4-9(16)5-11(13)15/h4-5,7-8H,6,16H2,1-3H3,(H,17,18). The Labute approximate surface area is 131 Å². The predicted octanol–water partition coefficient (Wildman–Crippen LogP) is 3.31. The number of hydrogen-bond donors (Lipinski definition) is 2. The molecule has 0 fully saturated rings. The molecule has 1 rings (SSSR count). The second-order valence-electron chi connectivity index (χ2n) is 4.88. The summed E-state index contributed by atoms with van der Waals surface area (Å²) in [5.74, 6) is -0.229. The Morgan fingerprint density at radius 3 is 2.25 bits per heavy atom. The Balaban J connectivity index is 2.75. The molecule has 0 aromatic heterocycles. The van der Waals surface area contributed by atoms with Crippen LogP contribution < -0.4 is 11.1 Å². The van der Waals surface area contributed by atoms with Gasteiger partial charge in [-0.2, -0.15) is 0 Å². The van der Waals surface area contributed by atoms with Crippen molar-refractivity contribution in [2.45, 2.75) is 26.0 Å². The highest BCUT2D eigenvalue weighted by Gasteiger charge is 2.19. The summed E-state index contributed by atoms with van der Waals surface area (Å²) in [6.45, 7) is 5.79. The number of nitrogen functional groups attached to an aromatic ring is 1. The van der Waals surface area contributed by atoms with E-state index in [1.807, 2.05) is 20.8 Å². The minimum atomic E-state index is -1.24. The van der Waals surface area contributed by atoms with Gasteiger partial charge in [0, 0.05) is 21.7 Å². The molecule has 7 heteroatoms. The molecule has 0 aliphatic rings. The van der Waals surface area contributed by atoms with Crippen LogP contribution in [0, 0.1) is 5.92 Å². The summed E-state index contributed by atoms with van der Waals surface area (Å²) in [6.07, 6.45) is 0. The average molecular weight is 337 g/mol. The van der Waals surface area contributed by atoms with Gasteiger partial charge >= 0.3 is 0 Å². The Bertz CT molecular complexity index is 512. The summed E-state index contributed by atoms with van der Waals surface area (Å²) in [6, 6.07) is 2.99. The Hall–Kier alpha value is -0.780. The fourth-order valence-corrected chi connectivity index (χ4v) is 3.25. The summed E-state index contributed by atoms with van der Waals surface area (Å²) in [5.41, 5.74) is 6.29. The lowest BCUT2D eigenvalue weighted by Gasteiger charge is -2.15. The zero-order valence-electron chi connectivity index (χ0n) is 11.6. The maximum absolute atomic E-state index is 12.0. The molecule has 112 valence electrons. The van der Waals surface area contributed by atoms with E-state index < -0.39 is 10.8 Å². The number of nitrogens with one attached hydrogen (secondary N) is 1. The molecule has 1 aromatic rings. The number of amides is 1. The molecular formula is C13H18Cl2N2O2S. The third kappa shape index (κ3) is 4.65. The Kier molecular flexibility index (Phi) is 6.30. The molecule has 0 aliphatic heterocycles. The van der Waals surface area contributed by atoms with E-state index in [-0.39, 0.29) is 32.9 Å². The molecule has 3 N–H and O–H groups in total. The van der Waals surface area contributed by atoms with Crippen LogP contribution in [0.5, 0.6) is 0 Å². The lowest BCUT2D eigenvalue weighted by molar-refractivity contribution is -0.113. The smallest absolute Gasteiger partial charge is 0.237 e. The summed E-state index contributed by atoms with van der Waals surface area (Å²) >= 11 is 11.9. The van der Waals surface area contributed by atoms with Gasteiger partial charge in [0.25, 0.3) is 0 Å². The van der Waals surface area contributed by atoms with E-state index in [0.29, 0.717) is 11.4 Å². The molecule has 0 saturated heterocycles. The van der Waals surface area contributed by atoms with Gasteiger partial charge in [-0.3, -0.25) is 9.00 Å². The van der Waals surface area contributed by atoms with Crippen LogP contribution in [0.1, 0.15) is 20.8 Å². The Morgan fingerprint density at radius 1 is 1.30 bits per heavy atom. The van der Waals surface area contributed by atoms with Gasteiger partial charge in [0.15, 0.2) is 0 Å². The molecule has 0 heterocycles. The number of carbonyl (C=O) groups excluding carboxylic acids is 1. The van der Waals surface area contributed by atoms with E-state index >= 15 is 0 Å². The minimum absolute atomic E-state index is 0.0573. The summed E-state index contributed by atoms with van der Waals surface area (Å²) in [7, 11) is -1.24. The minimum Gasteiger partial charge on any atom is -0.399 e. The van der Waals surface area contributed by atoms with Gasteiger partial charge in [-0.1, -0.05) is 44.0 Å². The van der Waals surface area contributed by atoms with Crippen LogP contribution in [-0.4, -0.2) is 21.1 Å². The molecule has 0 radical (unpaired) electrons. The zero-order chi connectivity index (χ0) is 15.4. The van der Waals surface area contributed by atoms with Crippen LogP contribution in [-0.2, 0) is 15.6 Å². The lowest BCUT2D eigenvalue weighted by Crippen LogP contribution is -2.27. The third-order valence-electron chi connectivity index (χ3n) is 2.96. The SMILES string of the molecule is CC(C)C(C)S(=O)CC(=O)Nc1c(Cl)cc(N)cc1Cl. The van der Waals surface area contributed by atoms with Gasteiger partial charge in [-0.05, 0) is 18.1 Å². The molecule has 1 amide bonds. The van der Waals surface area contributed by atoms with Crippen LogP contribution in [0.4, 0.5) is 11.4 Å². The predicted molar refractivity (Wildman–Crippen MR) is 86.8 cm³/mol. The number of carbonyl (C=O) groups is 1. The van der Waals surface area contributed by atoms with E-state index in [1.165, 1.54) is 12.1 Å². The number of benzene rings is 1. The molecule has 2 unspecified atom stereocenters. The van der Waals surface area contributed by atoms with Crippen LogP contribution in [0.3, 0.4) is 0 Å². The van der Waals surface area contributed by atoms with Crippen LogP contribution in [0.25, 0.3) is 0 Å². The first-order valence-electron chi connectivity index (χ1n) is 6.14. The quantitative estimate of drug-likeness (QED) is 0.810. The van der Waals surface area contributed by atoms with Gasteiger partial charge < -0.3 is 11.1 Å². The average Bonchev–Trinajstić information content (AvgIpc) is 2.32. The molecule has 4 nitrogen and oxygen atoms in total. The van der Waals surface area contributed by atoms with Crippen molar-refractivity contribution in [3.63, 3.8) is 0 Å². The van der Waals surface area contributed by atoms with Crippen LogP contribution in [0.2, 0.25) is 10.0 Å². The Morgan fingerprint density at radius 2 is 1.80 bits per heavy atom. The van der Waals surface area contributed by atoms with E-state index in [2.05, 4.69) is 5.32 Å². The molecular weight excluding hydrogens is 319 g/mol. The summed E-state index contributed by atoms with van der Waals surface area (Å²) in [5, 5.41) is 3.03. The van der Waals surface area contributed by atoms with E-state index in [1.54, 1.807) is 0 Å². The molecule has 20 heavy (non-hydrogen) atoms. The van der Waals surface area contributed by atoms with Crippen molar-refractivity contribution >= 4 is 51.3 Å². The largest absolute Gasteiger partial charge is 0.399 e. The van der Waals surface area contributed by atoms with E-state index in [9.17, 15) is 9.00 Å². The molecule has 1 aromatic carbocycles. The molecule has 2 atom stereocenters. The lowest BCUT2D eigenvalue weighted by atomic mass is 10.2. The van der Waals surface area contributed by atoms with Gasteiger partial charge in [-0.15, -0.1) is 0 Å². The number of anilines is 2. The topological polar surface area (TPSA) is 72.2 Å². The molecule has 0 bridgehead atoms. The summed E-state index contributed by atoms with van der Waals surface area (Å²) in [4.78, 5) is 11.9. The first-order valence-corrected chi connectivity index (χ1v) is 8.27. The summed E-state index contributed by atoms with van der Waals surface area (Å²) < 4.78 is 12.0. The fraction of sp³-hybridized carbons (Fsp3) is 0.462. The highest BCUT2D eigenvalue weighted by atomic mass is 35.5. The van der Waals surface area contributed by atoms with Gasteiger partial charge in [-0.25, -0.2) is 0 Å². The first-order chi connectivity index (χ1) is 9.22. The molecule has 0 saturated carbocycles. The number of halogens is 2. The molecule has 0 aliphatic carbocycles. The second kappa shape index (κ2) is 7.29. The highest BCUT2D eigenvalue weighted by molar-refractivity contribution is 7.86. The first kappa shape index (κ1) is 17.3. The van der Waals surface area contributed by atoms with Gasteiger partial charge in [0.05, 0.1) is 15.7 Å². The maximum atomic E-state index is 12.0. The van der Waals surface area contributed by atoms with Crippen molar-refractivity contribution < 1.29 is 9.00 Å². The van der Waals surface area contributed by atoms with Crippen LogP contribution >= 0.6 is 23.2 Å². The van der Waals surface area contributed by atoms with Crippen LogP contribution in [0.15, 0.2) is 12.1 Å². The third-order valence-corrected chi connectivity index (χ3v) is 5.47. The van der Waals surface area contributed by atoms with Crippen molar-refractivity contribution in [1.29, 1.82) is 0 Å². The van der Waals surface area contributed by atoms with Crippen molar-refractivity contribution in [1.82, 2.24) is 0 Å². The van der Waals surface area contributed by atoms with Crippen molar-refractivity contribution in [2.24, 2.45) is 5.92 Å². The number of rotatable bonds is 5. The normalized spacial score (nSPS) is 14.1. The fourth-order valence-electron chi connectivity index (χ4n) is 1.45. The van der Waals surface area contributed by atoms with E-state index in [4.69, 9.17) is 28.9 Å². The zero-order valence-corrected chi connectivity index (χ0v) is 13.9. The van der Waals surface area contributed by atoms with Crippen molar-refractivity contribution in [3.05, 3.63) is 22.2 Å². The van der Waals surface area contributed by atoms with Crippen molar-refractivity contribution in [3.8, 4) is 0 Å². The monoisotopic (exact) mass is 336 g/mol. The van der Waals surface area contributed by atoms with Gasteiger partial charge in [0.1, 0.15) is 5.75 Å². The maximum Gasteiger partial charge on any atom is 0.237 e. The van der Waals surface area contributed by atoms with E-state index in [0.717, 1.165) is 0 Å². The van der Waals surface area contributed by atoms with Crippen molar-refractivity contribution in [2.75, 3.05) is 16.8 Å². The van der Waals surface area contributed by atoms with Gasteiger partial charge in [0.2, 0.25) is 5.91 Å². The second-order valence-corrected chi connectivity index (χ2v) is 7.49. The molecule has 0 spiro atoms.